The first-order valence-corrected chi connectivity index (χ1v) is 11.1. The number of fused-ring (bicyclic) bond motifs is 1. The molecule has 0 saturated heterocycles. The van der Waals surface area contributed by atoms with E-state index in [0.717, 1.165) is 11.1 Å². The van der Waals surface area contributed by atoms with Crippen molar-refractivity contribution in [1.29, 1.82) is 0 Å². The number of carbonyl (C=O) groups is 2. The Hall–Kier alpha value is -3.87. The molecule has 1 N–H and O–H groups in total. The second-order valence-electron chi connectivity index (χ2n) is 8.38. The van der Waals surface area contributed by atoms with E-state index < -0.39 is 0 Å². The molecular formula is C26H29N5O2. The van der Waals surface area contributed by atoms with Crippen molar-refractivity contribution in [2.24, 2.45) is 7.05 Å². The molecule has 4 rings (SSSR count). The van der Waals surface area contributed by atoms with E-state index in [1.807, 2.05) is 67.3 Å². The minimum atomic E-state index is -0.117. The van der Waals surface area contributed by atoms with Crippen molar-refractivity contribution in [2.45, 2.75) is 25.3 Å². The van der Waals surface area contributed by atoms with Gasteiger partial charge in [0.2, 0.25) is 0 Å². The number of benzene rings is 1. The molecule has 170 valence electrons. The van der Waals surface area contributed by atoms with Gasteiger partial charge in [-0.05, 0) is 36.2 Å². The molecule has 3 heterocycles. The van der Waals surface area contributed by atoms with Gasteiger partial charge in [0.25, 0.3) is 11.8 Å². The van der Waals surface area contributed by atoms with Crippen molar-refractivity contribution >= 4 is 17.3 Å². The number of carbonyl (C=O) groups excluding carboxylic acids is 2. The lowest BCUT2D eigenvalue weighted by molar-refractivity contribution is 0.0701. The van der Waals surface area contributed by atoms with E-state index in [-0.39, 0.29) is 23.8 Å². The van der Waals surface area contributed by atoms with Crippen LogP contribution in [-0.2, 0) is 7.05 Å². The summed E-state index contributed by atoms with van der Waals surface area (Å²) >= 11 is 0. The van der Waals surface area contributed by atoms with Crippen LogP contribution in [0.25, 0.3) is 5.52 Å². The van der Waals surface area contributed by atoms with E-state index in [4.69, 9.17) is 0 Å². The molecule has 7 heteroatoms. The van der Waals surface area contributed by atoms with Crippen LogP contribution < -0.4 is 5.32 Å². The van der Waals surface area contributed by atoms with E-state index in [1.54, 1.807) is 28.1 Å². The predicted molar refractivity (Wildman–Crippen MR) is 128 cm³/mol. The second kappa shape index (κ2) is 9.73. The molecule has 0 radical (unpaired) electrons. The van der Waals surface area contributed by atoms with Crippen LogP contribution in [0.15, 0.2) is 79.5 Å². The highest BCUT2D eigenvalue weighted by atomic mass is 16.2. The summed E-state index contributed by atoms with van der Waals surface area (Å²) in [6.45, 7) is 2.59. The minimum absolute atomic E-state index is 0.0628. The first kappa shape index (κ1) is 22.3. The number of nitrogens with one attached hydrogen (secondary N) is 1. The first-order valence-electron chi connectivity index (χ1n) is 11.1. The van der Waals surface area contributed by atoms with Crippen LogP contribution in [0.5, 0.6) is 0 Å². The topological polar surface area (TPSA) is 71.6 Å². The van der Waals surface area contributed by atoms with Gasteiger partial charge in [0.05, 0.1) is 23.6 Å². The van der Waals surface area contributed by atoms with Crippen molar-refractivity contribution < 1.29 is 9.59 Å². The summed E-state index contributed by atoms with van der Waals surface area (Å²) in [4.78, 5) is 31.9. The Morgan fingerprint density at radius 1 is 1.09 bits per heavy atom. The number of rotatable bonds is 8. The first-order chi connectivity index (χ1) is 16.0. The van der Waals surface area contributed by atoms with Crippen molar-refractivity contribution in [3.8, 4) is 0 Å². The highest BCUT2D eigenvalue weighted by Gasteiger charge is 2.27. The summed E-state index contributed by atoms with van der Waals surface area (Å²) in [7, 11) is 3.68. The molecule has 0 aliphatic carbocycles. The lowest BCUT2D eigenvalue weighted by Gasteiger charge is -2.33. The Bertz CT molecular complexity index is 1240. The molecule has 0 saturated carbocycles. The number of nitrogens with zero attached hydrogens (tertiary/aromatic N) is 4. The summed E-state index contributed by atoms with van der Waals surface area (Å²) in [5.41, 5.74) is 3.30. The molecule has 3 aromatic heterocycles. The highest BCUT2D eigenvalue weighted by molar-refractivity contribution is 5.94. The molecule has 0 spiro atoms. The number of aromatic nitrogens is 3. The van der Waals surface area contributed by atoms with Crippen LogP contribution in [-0.4, -0.2) is 50.3 Å². The molecule has 0 aliphatic heterocycles. The maximum absolute atomic E-state index is 13.4. The van der Waals surface area contributed by atoms with Crippen LogP contribution in [0.3, 0.4) is 0 Å². The van der Waals surface area contributed by atoms with Crippen LogP contribution in [0.2, 0.25) is 0 Å². The van der Waals surface area contributed by atoms with Crippen molar-refractivity contribution in [3.05, 3.63) is 96.3 Å². The lowest BCUT2D eigenvalue weighted by atomic mass is 9.90. The van der Waals surface area contributed by atoms with Gasteiger partial charge in [0.1, 0.15) is 5.69 Å². The SMILES string of the molecule is CC(c1ccccc1)C(CCNC(=O)c1cccn1C)N(C)C(=O)c1ccc2cncn2c1. The Morgan fingerprint density at radius 2 is 1.88 bits per heavy atom. The van der Waals surface area contributed by atoms with Gasteiger partial charge in [-0.3, -0.25) is 9.59 Å². The van der Waals surface area contributed by atoms with Gasteiger partial charge in [-0.2, -0.15) is 0 Å². The third kappa shape index (κ3) is 4.82. The summed E-state index contributed by atoms with van der Waals surface area (Å²) in [6.07, 6.45) is 7.73. The van der Waals surface area contributed by atoms with Gasteiger partial charge in [-0.15, -0.1) is 0 Å². The maximum Gasteiger partial charge on any atom is 0.267 e. The Kier molecular flexibility index (Phi) is 6.58. The van der Waals surface area contributed by atoms with E-state index in [0.29, 0.717) is 24.2 Å². The van der Waals surface area contributed by atoms with Gasteiger partial charge >= 0.3 is 0 Å². The molecule has 33 heavy (non-hydrogen) atoms. The number of hydrogen-bond donors (Lipinski definition) is 1. The molecule has 4 aromatic rings. The maximum atomic E-state index is 13.4. The van der Waals surface area contributed by atoms with Crippen LogP contribution >= 0.6 is 0 Å². The molecule has 0 fully saturated rings. The number of amides is 2. The molecular weight excluding hydrogens is 414 g/mol. The molecule has 2 amide bonds. The zero-order valence-corrected chi connectivity index (χ0v) is 19.2. The minimum Gasteiger partial charge on any atom is -0.351 e. The number of aryl methyl sites for hydroxylation is 1. The summed E-state index contributed by atoms with van der Waals surface area (Å²) in [5, 5.41) is 3.01. The molecule has 2 unspecified atom stereocenters. The monoisotopic (exact) mass is 443 g/mol. The fourth-order valence-corrected chi connectivity index (χ4v) is 4.28. The summed E-state index contributed by atoms with van der Waals surface area (Å²) < 4.78 is 3.64. The summed E-state index contributed by atoms with van der Waals surface area (Å²) in [5.74, 6) is -0.0932. The van der Waals surface area contributed by atoms with E-state index >= 15 is 0 Å². The van der Waals surface area contributed by atoms with Crippen molar-refractivity contribution in [3.63, 3.8) is 0 Å². The average molecular weight is 444 g/mol. The van der Waals surface area contributed by atoms with Crippen molar-refractivity contribution in [1.82, 2.24) is 24.2 Å². The number of hydrogen-bond acceptors (Lipinski definition) is 3. The van der Waals surface area contributed by atoms with Gasteiger partial charge in [0.15, 0.2) is 0 Å². The second-order valence-corrected chi connectivity index (χ2v) is 8.38. The van der Waals surface area contributed by atoms with Gasteiger partial charge in [-0.25, -0.2) is 4.98 Å². The fraction of sp³-hybridized carbons (Fsp3) is 0.269. The number of pyridine rings is 1. The highest BCUT2D eigenvalue weighted by Crippen LogP contribution is 2.26. The number of imidazole rings is 1. The quantitative estimate of drug-likeness (QED) is 0.451. The molecule has 2 atom stereocenters. The predicted octanol–water partition coefficient (Wildman–Crippen LogP) is 3.74. The standard InChI is InChI=1S/C26H29N5O2/c1-19(20-8-5-4-6-9-20)23(13-14-28-25(32)24-10-7-15-29(24)2)30(3)26(33)21-11-12-22-16-27-18-31(22)17-21/h4-12,15-19,23H,13-14H2,1-3H3,(H,28,32). The van der Waals surface area contributed by atoms with Gasteiger partial charge in [0, 0.05) is 45.0 Å². The van der Waals surface area contributed by atoms with E-state index in [1.165, 1.54) is 0 Å². The van der Waals surface area contributed by atoms with E-state index in [2.05, 4.69) is 29.4 Å². The zero-order valence-electron chi connectivity index (χ0n) is 19.2. The molecule has 7 nitrogen and oxygen atoms in total. The van der Waals surface area contributed by atoms with Crippen LogP contribution in [0, 0.1) is 0 Å². The molecule has 0 aliphatic rings. The van der Waals surface area contributed by atoms with Crippen LogP contribution in [0.1, 0.15) is 45.7 Å². The third-order valence-corrected chi connectivity index (χ3v) is 6.28. The van der Waals surface area contributed by atoms with Crippen molar-refractivity contribution in [2.75, 3.05) is 13.6 Å². The lowest BCUT2D eigenvalue weighted by Crippen LogP contribution is -2.42. The normalized spacial score (nSPS) is 12.9. The van der Waals surface area contributed by atoms with Gasteiger partial charge < -0.3 is 19.2 Å². The molecule has 1 aromatic carbocycles. The average Bonchev–Trinajstić information content (AvgIpc) is 3.49. The molecule has 0 bridgehead atoms. The fourth-order valence-electron chi connectivity index (χ4n) is 4.28. The zero-order chi connectivity index (χ0) is 23.4. The Morgan fingerprint density at radius 3 is 2.61 bits per heavy atom. The number of likely N-dealkylation sites (N-methyl/N-ethyl adjacent to an activating group) is 1. The largest absolute Gasteiger partial charge is 0.351 e. The Labute approximate surface area is 193 Å². The smallest absolute Gasteiger partial charge is 0.267 e. The van der Waals surface area contributed by atoms with Crippen LogP contribution in [0.4, 0.5) is 0 Å². The van der Waals surface area contributed by atoms with E-state index in [9.17, 15) is 9.59 Å². The van der Waals surface area contributed by atoms with Gasteiger partial charge in [-0.1, -0.05) is 37.3 Å². The Balaban J connectivity index is 1.52. The third-order valence-electron chi connectivity index (χ3n) is 6.28. The summed E-state index contributed by atoms with van der Waals surface area (Å²) in [6, 6.07) is 17.4.